The molecule has 1 N–H and O–H groups in total. The Morgan fingerprint density at radius 2 is 1.80 bits per heavy atom. The summed E-state index contributed by atoms with van der Waals surface area (Å²) >= 11 is 0. The fourth-order valence-electron chi connectivity index (χ4n) is 5.55. The van der Waals surface area contributed by atoms with Gasteiger partial charge in [0.1, 0.15) is 0 Å². The third-order valence-electron chi connectivity index (χ3n) is 7.49. The summed E-state index contributed by atoms with van der Waals surface area (Å²) in [6.07, 6.45) is 18.4. The molecule has 0 radical (unpaired) electrons. The molecule has 4 rings (SSSR count). The van der Waals surface area contributed by atoms with Crippen molar-refractivity contribution < 1.29 is 0 Å². The van der Waals surface area contributed by atoms with E-state index in [1.54, 1.807) is 16.7 Å². The van der Waals surface area contributed by atoms with Gasteiger partial charge in [0.05, 0.1) is 0 Å². The van der Waals surface area contributed by atoms with E-state index < -0.39 is 0 Å². The summed E-state index contributed by atoms with van der Waals surface area (Å²) in [6.45, 7) is 9.10. The van der Waals surface area contributed by atoms with Crippen molar-refractivity contribution >= 4 is 11.3 Å². The molecule has 2 aliphatic rings. The van der Waals surface area contributed by atoms with Gasteiger partial charge in [0.25, 0.3) is 0 Å². The first kappa shape index (κ1) is 25.3. The number of fused-ring (bicyclic) bond motifs is 1. The van der Waals surface area contributed by atoms with Crippen LogP contribution in [0.2, 0.25) is 0 Å². The van der Waals surface area contributed by atoms with Gasteiger partial charge in [0.2, 0.25) is 0 Å². The van der Waals surface area contributed by atoms with Crippen molar-refractivity contribution in [1.82, 2.24) is 0 Å². The SMILES string of the molecule is CCCCC1=CC=C2CC=C(c3ccccc3)C=C(CC(C)c3cccc(NC(C)C)c3)C2CC1. The maximum atomic E-state index is 3.58. The summed E-state index contributed by atoms with van der Waals surface area (Å²) in [5.74, 6) is 1.02. The van der Waals surface area contributed by atoms with Crippen molar-refractivity contribution in [3.05, 3.63) is 107 Å². The van der Waals surface area contributed by atoms with Crippen LogP contribution in [0.1, 0.15) is 89.7 Å². The lowest BCUT2D eigenvalue weighted by molar-refractivity contribution is 0.578. The summed E-state index contributed by atoms with van der Waals surface area (Å²) in [6, 6.07) is 20.4. The molecule has 2 unspecified atom stereocenters. The zero-order valence-electron chi connectivity index (χ0n) is 22.2. The molecule has 0 bridgehead atoms. The highest BCUT2D eigenvalue weighted by Gasteiger charge is 2.25. The Kier molecular flexibility index (Phi) is 8.85. The van der Waals surface area contributed by atoms with Crippen molar-refractivity contribution in [1.29, 1.82) is 0 Å². The van der Waals surface area contributed by atoms with Crippen LogP contribution in [-0.2, 0) is 0 Å². The van der Waals surface area contributed by atoms with E-state index in [2.05, 4.69) is 112 Å². The van der Waals surface area contributed by atoms with E-state index in [1.165, 1.54) is 54.5 Å². The van der Waals surface area contributed by atoms with E-state index in [1.807, 2.05) is 0 Å². The molecule has 2 atom stereocenters. The Hall–Kier alpha value is -2.80. The number of hydrogen-bond donors (Lipinski definition) is 1. The Morgan fingerprint density at radius 3 is 2.57 bits per heavy atom. The standard InChI is InChI=1S/C34H43N/c1-5-6-11-27-16-18-29-19-20-31(28-12-8-7-9-13-28)23-32(34(29)21-17-27)22-26(4)30-14-10-15-33(24-30)35-25(2)3/h7-10,12-16,18,20,23-26,34-35H,5-6,11,17,19,21-22H2,1-4H3. The topological polar surface area (TPSA) is 12.0 Å². The summed E-state index contributed by atoms with van der Waals surface area (Å²) in [5, 5.41) is 3.58. The molecule has 2 aliphatic carbocycles. The Morgan fingerprint density at radius 1 is 0.971 bits per heavy atom. The highest BCUT2D eigenvalue weighted by atomic mass is 14.9. The van der Waals surface area contributed by atoms with Gasteiger partial charge < -0.3 is 5.32 Å². The smallest absolute Gasteiger partial charge is 0.0344 e. The van der Waals surface area contributed by atoms with Crippen molar-refractivity contribution in [2.24, 2.45) is 5.92 Å². The molecule has 1 heteroatoms. The summed E-state index contributed by atoms with van der Waals surface area (Å²) in [5.41, 5.74) is 10.2. The van der Waals surface area contributed by atoms with Crippen LogP contribution >= 0.6 is 0 Å². The largest absolute Gasteiger partial charge is 0.383 e. The normalized spacial score (nSPS) is 18.9. The minimum atomic E-state index is 0.441. The summed E-state index contributed by atoms with van der Waals surface area (Å²) in [7, 11) is 0. The van der Waals surface area contributed by atoms with Crippen LogP contribution in [-0.4, -0.2) is 6.04 Å². The third-order valence-corrected chi connectivity index (χ3v) is 7.49. The second-order valence-electron chi connectivity index (χ2n) is 10.7. The molecular weight excluding hydrogens is 422 g/mol. The van der Waals surface area contributed by atoms with Gasteiger partial charge in [-0.2, -0.15) is 0 Å². The van der Waals surface area contributed by atoms with Crippen LogP contribution in [0.5, 0.6) is 0 Å². The molecule has 2 aromatic carbocycles. The Labute approximate surface area is 213 Å². The molecule has 35 heavy (non-hydrogen) atoms. The number of unbranched alkanes of at least 4 members (excludes halogenated alkanes) is 1. The number of anilines is 1. The summed E-state index contributed by atoms with van der Waals surface area (Å²) < 4.78 is 0. The Balaban J connectivity index is 1.63. The van der Waals surface area contributed by atoms with Gasteiger partial charge in [-0.1, -0.05) is 104 Å². The lowest BCUT2D eigenvalue weighted by Gasteiger charge is -2.24. The van der Waals surface area contributed by atoms with Crippen molar-refractivity contribution in [3.8, 4) is 0 Å². The molecule has 0 amide bonds. The minimum Gasteiger partial charge on any atom is -0.383 e. The highest BCUT2D eigenvalue weighted by molar-refractivity contribution is 5.76. The van der Waals surface area contributed by atoms with Crippen LogP contribution < -0.4 is 5.32 Å². The van der Waals surface area contributed by atoms with E-state index >= 15 is 0 Å². The number of hydrogen-bond acceptors (Lipinski definition) is 1. The van der Waals surface area contributed by atoms with Gasteiger partial charge in [-0.15, -0.1) is 0 Å². The van der Waals surface area contributed by atoms with Gasteiger partial charge in [-0.05, 0) is 87.1 Å². The van der Waals surface area contributed by atoms with Crippen LogP contribution in [0, 0.1) is 5.92 Å². The first-order valence-corrected chi connectivity index (χ1v) is 13.7. The van der Waals surface area contributed by atoms with Gasteiger partial charge in [-0.3, -0.25) is 0 Å². The average Bonchev–Trinajstić information content (AvgIpc) is 3.16. The third kappa shape index (κ3) is 6.88. The van der Waals surface area contributed by atoms with Gasteiger partial charge in [0.15, 0.2) is 0 Å². The lowest BCUT2D eigenvalue weighted by atomic mass is 9.80. The maximum Gasteiger partial charge on any atom is 0.0344 e. The van der Waals surface area contributed by atoms with Gasteiger partial charge >= 0.3 is 0 Å². The molecule has 1 nitrogen and oxygen atoms in total. The highest BCUT2D eigenvalue weighted by Crippen LogP contribution is 2.41. The predicted molar refractivity (Wildman–Crippen MR) is 154 cm³/mol. The van der Waals surface area contributed by atoms with E-state index in [0.29, 0.717) is 17.9 Å². The molecule has 184 valence electrons. The van der Waals surface area contributed by atoms with E-state index in [0.717, 1.165) is 12.8 Å². The molecular formula is C34H43N. The number of allylic oxidation sites excluding steroid dienone is 8. The second kappa shape index (κ2) is 12.2. The first-order chi connectivity index (χ1) is 17.0. The zero-order valence-corrected chi connectivity index (χ0v) is 22.2. The molecule has 0 spiro atoms. The maximum absolute atomic E-state index is 3.58. The molecule has 0 fully saturated rings. The van der Waals surface area contributed by atoms with Gasteiger partial charge in [0, 0.05) is 17.6 Å². The van der Waals surface area contributed by atoms with E-state index in [-0.39, 0.29) is 0 Å². The quantitative estimate of drug-likeness (QED) is 0.388. The minimum absolute atomic E-state index is 0.441. The zero-order chi connectivity index (χ0) is 24.6. The fraction of sp³-hybridized carbons (Fsp3) is 0.412. The first-order valence-electron chi connectivity index (χ1n) is 13.7. The van der Waals surface area contributed by atoms with E-state index in [4.69, 9.17) is 0 Å². The number of benzene rings is 2. The number of nitrogens with one attached hydrogen (secondary N) is 1. The van der Waals surface area contributed by atoms with Gasteiger partial charge in [-0.25, -0.2) is 0 Å². The van der Waals surface area contributed by atoms with Crippen molar-refractivity contribution in [3.63, 3.8) is 0 Å². The summed E-state index contributed by atoms with van der Waals surface area (Å²) in [4.78, 5) is 0. The molecule has 0 aliphatic heterocycles. The van der Waals surface area contributed by atoms with Crippen LogP contribution in [0.15, 0.2) is 95.6 Å². The molecule has 0 heterocycles. The predicted octanol–water partition coefficient (Wildman–Crippen LogP) is 9.87. The van der Waals surface area contributed by atoms with Crippen molar-refractivity contribution in [2.45, 2.75) is 84.6 Å². The lowest BCUT2D eigenvalue weighted by Crippen LogP contribution is -2.11. The number of rotatable bonds is 9. The molecule has 0 saturated heterocycles. The van der Waals surface area contributed by atoms with Crippen LogP contribution in [0.25, 0.3) is 5.57 Å². The molecule has 0 saturated carbocycles. The monoisotopic (exact) mass is 465 g/mol. The van der Waals surface area contributed by atoms with E-state index in [9.17, 15) is 0 Å². The molecule has 2 aromatic rings. The van der Waals surface area contributed by atoms with Crippen LogP contribution in [0.3, 0.4) is 0 Å². The second-order valence-corrected chi connectivity index (χ2v) is 10.7. The fourth-order valence-corrected chi connectivity index (χ4v) is 5.55. The van der Waals surface area contributed by atoms with Crippen molar-refractivity contribution in [2.75, 3.05) is 5.32 Å². The Bertz CT molecular complexity index is 1100. The molecule has 0 aromatic heterocycles. The van der Waals surface area contributed by atoms with Crippen LogP contribution in [0.4, 0.5) is 5.69 Å². The average molecular weight is 466 g/mol.